The number of anilines is 5. The predicted molar refractivity (Wildman–Crippen MR) is 272 cm³/mol. The minimum absolute atomic E-state index is 0.0162. The van der Waals surface area contributed by atoms with Crippen LogP contribution in [0.15, 0.2) is 62.3 Å². The molecule has 3 fully saturated rings. The van der Waals surface area contributed by atoms with Gasteiger partial charge in [-0.15, -0.1) is 0 Å². The van der Waals surface area contributed by atoms with Crippen LogP contribution in [0.5, 0.6) is 5.75 Å². The molecular formula is C50H58BrF2N10O6P. The molecule has 3 aromatic carbocycles. The number of carbonyl (C=O) groups excluding carboxylic acids is 2. The van der Waals surface area contributed by atoms with Crippen molar-refractivity contribution in [2.45, 2.75) is 77.8 Å². The number of fused-ring (bicyclic) bond motifs is 2. The van der Waals surface area contributed by atoms with Crippen LogP contribution in [0.2, 0.25) is 0 Å². The Kier molecular flexibility index (Phi) is 14.4. The van der Waals surface area contributed by atoms with Crippen LogP contribution in [0.3, 0.4) is 0 Å². The van der Waals surface area contributed by atoms with Gasteiger partial charge in [-0.1, -0.05) is 19.9 Å². The first-order valence-electron chi connectivity index (χ1n) is 24.0. The molecule has 1 atom stereocenters. The Morgan fingerprint density at radius 2 is 1.67 bits per heavy atom. The maximum Gasteiger partial charge on any atom is 0.420 e. The highest BCUT2D eigenvalue weighted by Crippen LogP contribution is 2.43. The van der Waals surface area contributed by atoms with E-state index in [1.165, 1.54) is 5.56 Å². The van der Waals surface area contributed by atoms with Crippen LogP contribution >= 0.6 is 23.1 Å². The molecule has 3 aromatic heterocycles. The fourth-order valence-corrected chi connectivity index (χ4v) is 11.9. The van der Waals surface area contributed by atoms with Crippen molar-refractivity contribution in [2.24, 2.45) is 0 Å². The lowest BCUT2D eigenvalue weighted by Crippen LogP contribution is -2.53. The summed E-state index contributed by atoms with van der Waals surface area (Å²) in [6, 6.07) is 12.4. The minimum atomic E-state index is -2.76. The number of ether oxygens (including phenoxy) is 1. The third-order valence-electron chi connectivity index (χ3n) is 13.7. The summed E-state index contributed by atoms with van der Waals surface area (Å²) in [6.45, 7) is 15.8. The van der Waals surface area contributed by atoms with Crippen molar-refractivity contribution >= 4 is 91.0 Å². The number of hydrogen-bond donors (Lipinski definition) is 3. The molecule has 3 N–H and O–H groups in total. The second-order valence-electron chi connectivity index (χ2n) is 18.5. The van der Waals surface area contributed by atoms with Gasteiger partial charge in [-0.3, -0.25) is 29.4 Å². The number of piperidine rings is 2. The van der Waals surface area contributed by atoms with Crippen LogP contribution in [0.1, 0.15) is 69.3 Å². The molecule has 3 aliphatic heterocycles. The summed E-state index contributed by atoms with van der Waals surface area (Å²) < 4.78 is 57.2. The fraction of sp³-hybridized carbons (Fsp3) is 0.440. The second-order valence-corrected chi connectivity index (χ2v) is 22.5. The monoisotopic (exact) mass is 1040 g/mol. The van der Waals surface area contributed by atoms with Crippen LogP contribution in [-0.2, 0) is 33.4 Å². The molecule has 370 valence electrons. The van der Waals surface area contributed by atoms with E-state index in [9.17, 15) is 18.9 Å². The number of nitrogens with zero attached hydrogens (tertiary/aromatic N) is 7. The number of amides is 2. The summed E-state index contributed by atoms with van der Waals surface area (Å²) in [5, 5.41) is 10.6. The SMILES string of the molecule is CCOc1cc(N2CCC(N3CCN(CCc4cc(F)c(F)c5c4oc(=O)n5C4CCC(=O)NC4=O)CC3)CC2)c(CC)cc1Nc1ncc(Br)c(Nc2ccc3nc(CC)ccc3c2P(C)(C)=O)n1. The number of benzene rings is 3. The van der Waals surface area contributed by atoms with E-state index in [-0.39, 0.29) is 23.9 Å². The van der Waals surface area contributed by atoms with E-state index in [0.29, 0.717) is 64.2 Å². The first-order chi connectivity index (χ1) is 33.6. The zero-order chi connectivity index (χ0) is 49.4. The number of pyridine rings is 1. The number of hydrogen-bond acceptors (Lipinski definition) is 14. The molecule has 9 rings (SSSR count). The van der Waals surface area contributed by atoms with Gasteiger partial charge < -0.3 is 34.2 Å². The highest BCUT2D eigenvalue weighted by atomic mass is 79.9. The summed E-state index contributed by atoms with van der Waals surface area (Å²) in [5.41, 5.74) is 5.41. The summed E-state index contributed by atoms with van der Waals surface area (Å²) in [4.78, 5) is 58.8. The summed E-state index contributed by atoms with van der Waals surface area (Å²) in [5.74, 6) is -3.02. The van der Waals surface area contributed by atoms with E-state index in [2.05, 4.69) is 77.5 Å². The number of nitrogens with one attached hydrogen (secondary N) is 3. The Labute approximate surface area is 413 Å². The van der Waals surface area contributed by atoms with Gasteiger partial charge in [0.1, 0.15) is 30.3 Å². The predicted octanol–water partition coefficient (Wildman–Crippen LogP) is 8.04. The van der Waals surface area contributed by atoms with Gasteiger partial charge in [0, 0.05) is 98.2 Å². The number of piperazine rings is 1. The summed E-state index contributed by atoms with van der Waals surface area (Å²) in [7, 11) is -2.76. The molecule has 3 saturated heterocycles. The van der Waals surface area contributed by atoms with Crippen LogP contribution < -0.4 is 36.6 Å². The fourth-order valence-electron chi connectivity index (χ4n) is 10.1. The Balaban J connectivity index is 0.834. The first-order valence-corrected chi connectivity index (χ1v) is 27.4. The van der Waals surface area contributed by atoms with Crippen molar-refractivity contribution in [1.82, 2.24) is 34.6 Å². The third-order valence-corrected chi connectivity index (χ3v) is 15.8. The Morgan fingerprint density at radius 1 is 0.900 bits per heavy atom. The normalized spacial score (nSPS) is 17.7. The molecular weight excluding hydrogens is 985 g/mol. The molecule has 2 amide bonds. The molecule has 6 aromatic rings. The summed E-state index contributed by atoms with van der Waals surface area (Å²) in [6.07, 6.45) is 5.55. The van der Waals surface area contributed by atoms with Crippen LogP contribution in [0, 0.1) is 11.6 Å². The number of aromatic nitrogens is 4. The number of aryl methyl sites for hydroxylation is 2. The highest BCUT2D eigenvalue weighted by Gasteiger charge is 2.35. The molecule has 20 heteroatoms. The molecule has 16 nitrogen and oxygen atoms in total. The minimum Gasteiger partial charge on any atom is -0.492 e. The maximum absolute atomic E-state index is 15.2. The van der Waals surface area contributed by atoms with E-state index < -0.39 is 42.4 Å². The maximum atomic E-state index is 15.2. The van der Waals surface area contributed by atoms with Gasteiger partial charge in [-0.05, 0) is 111 Å². The lowest BCUT2D eigenvalue weighted by molar-refractivity contribution is -0.135. The zero-order valence-electron chi connectivity index (χ0n) is 40.0. The van der Waals surface area contributed by atoms with Crippen molar-refractivity contribution in [3.63, 3.8) is 0 Å². The van der Waals surface area contributed by atoms with E-state index in [1.54, 1.807) is 19.5 Å². The van der Waals surface area contributed by atoms with E-state index >= 15 is 8.78 Å². The van der Waals surface area contributed by atoms with E-state index in [4.69, 9.17) is 19.1 Å². The van der Waals surface area contributed by atoms with Crippen molar-refractivity contribution in [3.8, 4) is 5.75 Å². The van der Waals surface area contributed by atoms with Gasteiger partial charge in [-0.25, -0.2) is 18.6 Å². The van der Waals surface area contributed by atoms with E-state index in [1.807, 2.05) is 31.2 Å². The molecule has 0 spiro atoms. The average molecular weight is 1040 g/mol. The average Bonchev–Trinajstić information content (AvgIpc) is 3.69. The van der Waals surface area contributed by atoms with E-state index in [0.717, 1.165) is 104 Å². The molecule has 6 heterocycles. The zero-order valence-corrected chi connectivity index (χ0v) is 42.5. The molecule has 0 saturated carbocycles. The van der Waals surface area contributed by atoms with Crippen molar-refractivity contribution in [3.05, 3.63) is 92.1 Å². The first kappa shape index (κ1) is 49.2. The van der Waals surface area contributed by atoms with Gasteiger partial charge in [0.25, 0.3) is 0 Å². The Bertz CT molecular complexity index is 3090. The smallest absolute Gasteiger partial charge is 0.420 e. The lowest BCUT2D eigenvalue weighted by atomic mass is 9.99. The van der Waals surface area contributed by atoms with Crippen molar-refractivity contribution in [2.75, 3.05) is 81.3 Å². The second kappa shape index (κ2) is 20.5. The number of halogens is 3. The van der Waals surface area contributed by atoms with Gasteiger partial charge in [0.15, 0.2) is 17.2 Å². The lowest BCUT2D eigenvalue weighted by Gasteiger charge is -2.43. The van der Waals surface area contributed by atoms with Crippen LogP contribution in [0.25, 0.3) is 22.0 Å². The number of carbonyl (C=O) groups is 2. The van der Waals surface area contributed by atoms with Gasteiger partial charge in [-0.2, -0.15) is 4.98 Å². The largest absolute Gasteiger partial charge is 0.492 e. The molecule has 3 aliphatic rings. The molecule has 0 aliphatic carbocycles. The quantitative estimate of drug-likeness (QED) is 0.0665. The number of rotatable bonds is 15. The van der Waals surface area contributed by atoms with Gasteiger partial charge in [0.2, 0.25) is 17.8 Å². The highest BCUT2D eigenvalue weighted by molar-refractivity contribution is 9.10. The topological polar surface area (TPSA) is 180 Å². The standard InChI is InChI=1S/C50H58BrF2N10O6P/c1-6-29-26-38(57-49-54-28-34(51)47(59-49)56-37-12-11-36-33(46(37)70(4,5)67)10-9-31(7-2)55-36)41(68-8-3)27-40(29)62-19-16-32(17-20-62)61-23-21-60(22-24-61)18-15-30-25-35(52)43(53)44-45(30)69-50(66)63(44)39-13-14-42(64)58-48(39)65/h9-12,25-28,32,39H,6-8,13-24H2,1-5H3,(H,58,64,65)(H2,54,56,57,59). The molecule has 70 heavy (non-hydrogen) atoms. The van der Waals surface area contributed by atoms with Crippen LogP contribution in [-0.4, -0.2) is 113 Å². The molecule has 0 radical (unpaired) electrons. The Morgan fingerprint density at radius 3 is 2.37 bits per heavy atom. The number of imide groups is 1. The number of oxazole rings is 1. The van der Waals surface area contributed by atoms with Gasteiger partial charge >= 0.3 is 5.76 Å². The molecule has 1 unspecified atom stereocenters. The summed E-state index contributed by atoms with van der Waals surface area (Å²) >= 11 is 3.63. The molecule has 0 bridgehead atoms. The van der Waals surface area contributed by atoms with Gasteiger partial charge in [0.05, 0.1) is 28.0 Å². The van der Waals surface area contributed by atoms with Crippen LogP contribution in [0.4, 0.5) is 37.6 Å². The third kappa shape index (κ3) is 10.1. The Hall–Kier alpha value is -5.75. The van der Waals surface area contributed by atoms with Crippen molar-refractivity contribution < 1.29 is 32.1 Å². The van der Waals surface area contributed by atoms with Crippen molar-refractivity contribution in [1.29, 1.82) is 0 Å².